The van der Waals surface area contributed by atoms with E-state index in [9.17, 15) is 4.79 Å². The standard InChI is InChI=1S/C20H19NO4Se/c1-12-17(13-8-6-5-7-9-13)21-20(26-12)18(22)14-10-15(23-2)19(25-4)16(11-14)24-3/h5-11H,1-4H3. The van der Waals surface area contributed by atoms with E-state index in [-0.39, 0.29) is 20.3 Å². The maximum absolute atomic E-state index is 13.0. The number of methoxy groups -OCH3 is 3. The van der Waals surface area contributed by atoms with Gasteiger partial charge in [-0.2, -0.15) is 0 Å². The van der Waals surface area contributed by atoms with Crippen molar-refractivity contribution in [1.29, 1.82) is 0 Å². The number of benzene rings is 2. The van der Waals surface area contributed by atoms with Gasteiger partial charge in [0, 0.05) is 0 Å². The molecule has 0 unspecified atom stereocenters. The van der Waals surface area contributed by atoms with Crippen molar-refractivity contribution in [1.82, 2.24) is 4.98 Å². The SMILES string of the molecule is COc1cc(C(=O)c2nc(-c3ccccc3)c(C)[se]2)cc(OC)c1OC. The van der Waals surface area contributed by atoms with Crippen LogP contribution in [-0.2, 0) is 0 Å². The van der Waals surface area contributed by atoms with Crippen LogP contribution >= 0.6 is 0 Å². The third-order valence-electron chi connectivity index (χ3n) is 3.96. The molecule has 0 fully saturated rings. The van der Waals surface area contributed by atoms with Crippen LogP contribution < -0.4 is 14.2 Å². The van der Waals surface area contributed by atoms with Crippen molar-refractivity contribution in [2.24, 2.45) is 0 Å². The number of nitrogens with zero attached hydrogens (tertiary/aromatic N) is 1. The van der Waals surface area contributed by atoms with Crippen molar-refractivity contribution >= 4 is 20.3 Å². The van der Waals surface area contributed by atoms with Crippen molar-refractivity contribution in [2.75, 3.05) is 21.3 Å². The van der Waals surface area contributed by atoms with Gasteiger partial charge < -0.3 is 0 Å². The van der Waals surface area contributed by atoms with Crippen LogP contribution in [0.5, 0.6) is 17.2 Å². The molecule has 1 aromatic heterocycles. The summed E-state index contributed by atoms with van der Waals surface area (Å²) >= 11 is -0.108. The molecule has 0 atom stereocenters. The van der Waals surface area contributed by atoms with E-state index in [1.807, 2.05) is 37.3 Å². The molecule has 0 aliphatic carbocycles. The minimum absolute atomic E-state index is 0.108. The van der Waals surface area contributed by atoms with Crippen molar-refractivity contribution in [2.45, 2.75) is 6.92 Å². The van der Waals surface area contributed by atoms with E-state index < -0.39 is 0 Å². The van der Waals surface area contributed by atoms with Crippen LogP contribution in [0.2, 0.25) is 0 Å². The first-order chi connectivity index (χ1) is 12.6. The molecule has 0 N–H and O–H groups in total. The second-order valence-corrected chi connectivity index (χ2v) is 8.06. The molecule has 1 heterocycles. The molecule has 0 saturated heterocycles. The summed E-state index contributed by atoms with van der Waals surface area (Å²) in [4.78, 5) is 17.6. The maximum atomic E-state index is 13.0. The van der Waals surface area contributed by atoms with Gasteiger partial charge in [0.2, 0.25) is 0 Å². The van der Waals surface area contributed by atoms with Crippen molar-refractivity contribution < 1.29 is 19.0 Å². The molecular weight excluding hydrogens is 397 g/mol. The second-order valence-electron chi connectivity index (χ2n) is 5.53. The van der Waals surface area contributed by atoms with Crippen molar-refractivity contribution in [3.63, 3.8) is 0 Å². The van der Waals surface area contributed by atoms with Gasteiger partial charge in [0.05, 0.1) is 0 Å². The van der Waals surface area contributed by atoms with E-state index >= 15 is 0 Å². The fraction of sp³-hybridized carbons (Fsp3) is 0.200. The van der Waals surface area contributed by atoms with Crippen LogP contribution in [0.3, 0.4) is 0 Å². The summed E-state index contributed by atoms with van der Waals surface area (Å²) in [6, 6.07) is 13.2. The van der Waals surface area contributed by atoms with Gasteiger partial charge in [-0.3, -0.25) is 0 Å². The normalized spacial score (nSPS) is 10.5. The number of rotatable bonds is 6. The quantitative estimate of drug-likeness (QED) is 0.456. The summed E-state index contributed by atoms with van der Waals surface area (Å²) in [5.74, 6) is 1.25. The first kappa shape index (κ1) is 18.2. The van der Waals surface area contributed by atoms with Crippen LogP contribution in [0.25, 0.3) is 11.3 Å². The molecule has 3 aromatic rings. The van der Waals surface area contributed by atoms with E-state index in [2.05, 4.69) is 4.98 Å². The molecule has 0 aliphatic heterocycles. The van der Waals surface area contributed by atoms with Crippen LogP contribution in [0.1, 0.15) is 19.4 Å². The molecule has 26 heavy (non-hydrogen) atoms. The zero-order chi connectivity index (χ0) is 18.7. The number of ketones is 1. The fourth-order valence-electron chi connectivity index (χ4n) is 2.69. The third kappa shape index (κ3) is 3.39. The molecule has 3 rings (SSSR count). The predicted molar refractivity (Wildman–Crippen MR) is 101 cm³/mol. The van der Waals surface area contributed by atoms with Gasteiger partial charge in [-0.1, -0.05) is 0 Å². The van der Waals surface area contributed by atoms with Gasteiger partial charge >= 0.3 is 158 Å². The number of ether oxygens (including phenoxy) is 3. The summed E-state index contributed by atoms with van der Waals surface area (Å²) in [6.07, 6.45) is 0. The molecule has 0 radical (unpaired) electrons. The first-order valence-corrected chi connectivity index (χ1v) is 9.68. The number of hydrogen-bond acceptors (Lipinski definition) is 5. The van der Waals surface area contributed by atoms with E-state index in [1.54, 1.807) is 12.1 Å². The Morgan fingerprint density at radius 2 is 1.58 bits per heavy atom. The van der Waals surface area contributed by atoms with Gasteiger partial charge in [0.25, 0.3) is 0 Å². The molecule has 2 aromatic carbocycles. The summed E-state index contributed by atoms with van der Waals surface area (Å²) in [6.45, 7) is 2.03. The number of aromatic nitrogens is 1. The van der Waals surface area contributed by atoms with Gasteiger partial charge in [-0.15, -0.1) is 0 Å². The molecule has 5 nitrogen and oxygen atoms in total. The average molecular weight is 416 g/mol. The molecule has 0 amide bonds. The van der Waals surface area contributed by atoms with Gasteiger partial charge in [-0.25, -0.2) is 0 Å². The second kappa shape index (κ2) is 7.77. The van der Waals surface area contributed by atoms with Crippen LogP contribution in [0.4, 0.5) is 0 Å². The molecule has 0 aliphatic rings. The summed E-state index contributed by atoms with van der Waals surface area (Å²) in [7, 11) is 4.59. The Hall–Kier alpha value is -2.56. The van der Waals surface area contributed by atoms with E-state index in [0.29, 0.717) is 27.4 Å². The van der Waals surface area contributed by atoms with Crippen LogP contribution in [-0.4, -0.2) is 46.6 Å². The Morgan fingerprint density at radius 3 is 2.12 bits per heavy atom. The molecule has 134 valence electrons. The summed E-state index contributed by atoms with van der Waals surface area (Å²) < 4.78 is 17.7. The van der Waals surface area contributed by atoms with Crippen LogP contribution in [0, 0.1) is 6.92 Å². The van der Waals surface area contributed by atoms with Gasteiger partial charge in [-0.05, 0) is 0 Å². The summed E-state index contributed by atoms with van der Waals surface area (Å²) in [5, 5.41) is 0. The molecule has 0 bridgehead atoms. The average Bonchev–Trinajstić information content (AvgIpc) is 3.08. The molecule has 0 spiro atoms. The first-order valence-electron chi connectivity index (χ1n) is 7.96. The molecule has 6 heteroatoms. The molecular formula is C20H19NO4Se. The van der Waals surface area contributed by atoms with Gasteiger partial charge in [0.1, 0.15) is 0 Å². The third-order valence-corrected chi connectivity index (χ3v) is 6.00. The van der Waals surface area contributed by atoms with Crippen LogP contribution in [0.15, 0.2) is 42.5 Å². The van der Waals surface area contributed by atoms with E-state index in [0.717, 1.165) is 15.7 Å². The Kier molecular flexibility index (Phi) is 5.45. The Balaban J connectivity index is 2.03. The monoisotopic (exact) mass is 417 g/mol. The summed E-state index contributed by atoms with van der Waals surface area (Å²) in [5.41, 5.74) is 2.39. The predicted octanol–water partition coefficient (Wildman–Crippen LogP) is 3.37. The van der Waals surface area contributed by atoms with E-state index in [1.165, 1.54) is 21.3 Å². The Bertz CT molecular complexity index is 909. The number of hydrogen-bond donors (Lipinski definition) is 0. The zero-order valence-electron chi connectivity index (χ0n) is 15.0. The fourth-order valence-corrected chi connectivity index (χ4v) is 4.58. The number of carbonyl (C=O) groups excluding carboxylic acids is 1. The Labute approximate surface area is 158 Å². The minimum atomic E-state index is -0.116. The molecule has 0 saturated carbocycles. The number of aryl methyl sites for hydroxylation is 1. The zero-order valence-corrected chi connectivity index (χ0v) is 16.7. The Morgan fingerprint density at radius 1 is 0.962 bits per heavy atom. The number of carbonyl (C=O) groups is 1. The van der Waals surface area contributed by atoms with E-state index in [4.69, 9.17) is 14.2 Å². The van der Waals surface area contributed by atoms with Crippen molar-refractivity contribution in [3.8, 4) is 28.5 Å². The topological polar surface area (TPSA) is 57.7 Å². The van der Waals surface area contributed by atoms with Gasteiger partial charge in [0.15, 0.2) is 0 Å². The van der Waals surface area contributed by atoms with Crippen molar-refractivity contribution in [3.05, 3.63) is 57.0 Å².